The third kappa shape index (κ3) is 6.25. The number of nitrogens with one attached hydrogen (secondary N) is 1. The van der Waals surface area contributed by atoms with Crippen LogP contribution in [0.4, 0.5) is 5.69 Å². The highest BCUT2D eigenvalue weighted by Crippen LogP contribution is 2.28. The lowest BCUT2D eigenvalue weighted by Crippen LogP contribution is -2.48. The quantitative estimate of drug-likeness (QED) is 0.473. The van der Waals surface area contributed by atoms with Gasteiger partial charge in [-0.2, -0.15) is 0 Å². The van der Waals surface area contributed by atoms with E-state index in [2.05, 4.69) is 9.62 Å². The van der Waals surface area contributed by atoms with E-state index in [-0.39, 0.29) is 16.8 Å². The summed E-state index contributed by atoms with van der Waals surface area (Å²) in [4.78, 5) is 17.2. The topological polar surface area (TPSA) is 79.0 Å². The fraction of sp³-hybridized carbons (Fsp3) is 0.321. The predicted octanol–water partition coefficient (Wildman–Crippen LogP) is 4.02. The van der Waals surface area contributed by atoms with Gasteiger partial charge in [0.1, 0.15) is 5.75 Å². The van der Waals surface area contributed by atoms with E-state index in [1.54, 1.807) is 31.4 Å². The molecule has 190 valence electrons. The largest absolute Gasteiger partial charge is 0.495 e. The standard InChI is InChI=1S/C28H33N3O4S/c1-22(24-8-4-3-5-9-24)29-36(33,34)25-15-12-23(13-16-25)14-17-28(32)31-20-18-30(19-21-31)26-10-6-7-11-27(26)35-2/h3-13,15-16,22,29H,14,17-21H2,1-2H3/t22-/m1/s1. The Kier molecular flexibility index (Phi) is 8.28. The SMILES string of the molecule is COc1ccccc1N1CCN(C(=O)CCc2ccc(S(=O)(=O)N[C@H](C)c3ccccc3)cc2)CC1. The molecule has 0 bridgehead atoms. The first-order valence-corrected chi connectivity index (χ1v) is 13.7. The van der Waals surface area contributed by atoms with Crippen molar-refractivity contribution in [1.29, 1.82) is 0 Å². The molecule has 1 amide bonds. The molecule has 1 N–H and O–H groups in total. The number of hydrogen-bond donors (Lipinski definition) is 1. The maximum Gasteiger partial charge on any atom is 0.241 e. The van der Waals surface area contributed by atoms with Gasteiger partial charge in [-0.05, 0) is 48.7 Å². The second-order valence-electron chi connectivity index (χ2n) is 8.94. The molecule has 3 aromatic rings. The summed E-state index contributed by atoms with van der Waals surface area (Å²) in [5.74, 6) is 0.956. The van der Waals surface area contributed by atoms with Gasteiger partial charge in [-0.15, -0.1) is 0 Å². The molecule has 1 heterocycles. The average Bonchev–Trinajstić information content (AvgIpc) is 2.92. The van der Waals surface area contributed by atoms with Gasteiger partial charge in [0.05, 0.1) is 17.7 Å². The normalized spacial score (nSPS) is 14.9. The first-order chi connectivity index (χ1) is 17.4. The van der Waals surface area contributed by atoms with Gasteiger partial charge < -0.3 is 14.5 Å². The van der Waals surface area contributed by atoms with Gasteiger partial charge in [-0.25, -0.2) is 13.1 Å². The van der Waals surface area contributed by atoms with E-state index < -0.39 is 10.0 Å². The number of benzene rings is 3. The summed E-state index contributed by atoms with van der Waals surface area (Å²) in [5, 5.41) is 0. The average molecular weight is 508 g/mol. The predicted molar refractivity (Wildman–Crippen MR) is 142 cm³/mol. The Bertz CT molecular complexity index is 1260. The number of methoxy groups -OCH3 is 1. The van der Waals surface area contributed by atoms with Crippen LogP contribution in [0, 0.1) is 0 Å². The Morgan fingerprint density at radius 3 is 2.22 bits per heavy atom. The number of anilines is 1. The minimum absolute atomic E-state index is 0.115. The second-order valence-corrected chi connectivity index (χ2v) is 10.7. The van der Waals surface area contributed by atoms with Gasteiger partial charge >= 0.3 is 0 Å². The number of nitrogens with zero attached hydrogens (tertiary/aromatic N) is 2. The van der Waals surface area contributed by atoms with Crippen LogP contribution < -0.4 is 14.4 Å². The molecule has 0 saturated carbocycles. The van der Waals surface area contributed by atoms with Crippen molar-refractivity contribution < 1.29 is 17.9 Å². The van der Waals surface area contributed by atoms with Crippen LogP contribution in [0.2, 0.25) is 0 Å². The Morgan fingerprint density at radius 2 is 1.56 bits per heavy atom. The number of para-hydroxylation sites is 2. The van der Waals surface area contributed by atoms with Crippen molar-refractivity contribution in [1.82, 2.24) is 9.62 Å². The zero-order chi connectivity index (χ0) is 25.5. The van der Waals surface area contributed by atoms with E-state index in [0.717, 1.165) is 35.7 Å². The highest BCUT2D eigenvalue weighted by molar-refractivity contribution is 7.89. The summed E-state index contributed by atoms with van der Waals surface area (Å²) in [6.07, 6.45) is 0.962. The smallest absolute Gasteiger partial charge is 0.241 e. The van der Waals surface area contributed by atoms with Gasteiger partial charge in [0, 0.05) is 38.6 Å². The third-order valence-corrected chi connectivity index (χ3v) is 8.11. The Balaban J connectivity index is 1.27. The Morgan fingerprint density at radius 1 is 0.917 bits per heavy atom. The number of rotatable bonds is 9. The van der Waals surface area contributed by atoms with E-state index in [1.807, 2.05) is 66.4 Å². The summed E-state index contributed by atoms with van der Waals surface area (Å²) in [7, 11) is -1.98. The van der Waals surface area contributed by atoms with E-state index in [9.17, 15) is 13.2 Å². The second kappa shape index (κ2) is 11.6. The lowest BCUT2D eigenvalue weighted by Gasteiger charge is -2.36. The van der Waals surface area contributed by atoms with E-state index >= 15 is 0 Å². The summed E-state index contributed by atoms with van der Waals surface area (Å²) in [5.41, 5.74) is 2.89. The highest BCUT2D eigenvalue weighted by atomic mass is 32.2. The number of sulfonamides is 1. The fourth-order valence-corrected chi connectivity index (χ4v) is 5.67. The van der Waals surface area contributed by atoms with Gasteiger partial charge in [0.2, 0.25) is 15.9 Å². The maximum atomic E-state index is 12.8. The maximum absolute atomic E-state index is 12.8. The Labute approximate surface area is 213 Å². The Hall–Kier alpha value is -3.36. The van der Waals surface area contributed by atoms with E-state index in [1.165, 1.54) is 0 Å². The minimum atomic E-state index is -3.64. The number of piperazine rings is 1. The van der Waals surface area contributed by atoms with E-state index in [0.29, 0.717) is 25.9 Å². The zero-order valence-electron chi connectivity index (χ0n) is 20.8. The van der Waals surface area contributed by atoms with E-state index in [4.69, 9.17) is 4.74 Å². The molecule has 0 aliphatic carbocycles. The molecular formula is C28H33N3O4S. The lowest BCUT2D eigenvalue weighted by atomic mass is 10.1. The van der Waals surface area contributed by atoms with Gasteiger partial charge in [0.25, 0.3) is 0 Å². The van der Waals surface area contributed by atoms with Crippen LogP contribution >= 0.6 is 0 Å². The number of carbonyl (C=O) groups is 1. The number of hydrogen-bond acceptors (Lipinski definition) is 5. The summed E-state index contributed by atoms with van der Waals surface area (Å²) in [6, 6.07) is 23.8. The van der Waals surface area contributed by atoms with Gasteiger partial charge in [-0.3, -0.25) is 4.79 Å². The molecule has 0 spiro atoms. The third-order valence-electron chi connectivity index (χ3n) is 6.55. The zero-order valence-corrected chi connectivity index (χ0v) is 21.6. The van der Waals surface area contributed by atoms with Crippen molar-refractivity contribution in [3.63, 3.8) is 0 Å². The fourth-order valence-electron chi connectivity index (χ4n) is 4.44. The van der Waals surface area contributed by atoms with Crippen LogP contribution in [0.3, 0.4) is 0 Å². The summed E-state index contributed by atoms with van der Waals surface area (Å²) < 4.78 is 33.8. The monoisotopic (exact) mass is 507 g/mol. The van der Waals surface area contributed by atoms with Crippen molar-refractivity contribution in [2.24, 2.45) is 0 Å². The highest BCUT2D eigenvalue weighted by Gasteiger charge is 2.23. The molecule has 1 fully saturated rings. The van der Waals surface area contributed by atoms with Crippen molar-refractivity contribution in [2.75, 3.05) is 38.2 Å². The molecule has 0 radical (unpaired) electrons. The van der Waals surface area contributed by atoms with Crippen LogP contribution in [0.25, 0.3) is 0 Å². The molecule has 1 saturated heterocycles. The molecule has 8 heteroatoms. The summed E-state index contributed by atoms with van der Waals surface area (Å²) in [6.45, 7) is 4.67. The van der Waals surface area contributed by atoms with Crippen molar-refractivity contribution in [3.8, 4) is 5.75 Å². The van der Waals surface area contributed by atoms with Crippen LogP contribution in [0.5, 0.6) is 5.75 Å². The molecule has 3 aromatic carbocycles. The molecule has 1 aliphatic rings. The molecule has 7 nitrogen and oxygen atoms in total. The molecule has 4 rings (SSSR count). The van der Waals surface area contributed by atoms with Crippen molar-refractivity contribution in [2.45, 2.75) is 30.7 Å². The van der Waals surface area contributed by atoms with Crippen LogP contribution in [0.1, 0.15) is 30.5 Å². The van der Waals surface area contributed by atoms with Gasteiger partial charge in [0.15, 0.2) is 0 Å². The first kappa shape index (κ1) is 25.7. The summed E-state index contributed by atoms with van der Waals surface area (Å²) >= 11 is 0. The minimum Gasteiger partial charge on any atom is -0.495 e. The lowest BCUT2D eigenvalue weighted by molar-refractivity contribution is -0.131. The number of amides is 1. The number of carbonyl (C=O) groups excluding carboxylic acids is 1. The molecule has 0 unspecified atom stereocenters. The van der Waals surface area contributed by atoms with Crippen LogP contribution in [0.15, 0.2) is 83.8 Å². The number of ether oxygens (including phenoxy) is 1. The molecule has 0 aromatic heterocycles. The van der Waals surface area contributed by atoms with Crippen LogP contribution in [-0.4, -0.2) is 52.5 Å². The molecule has 36 heavy (non-hydrogen) atoms. The van der Waals surface area contributed by atoms with Crippen molar-refractivity contribution in [3.05, 3.63) is 90.0 Å². The first-order valence-electron chi connectivity index (χ1n) is 12.2. The van der Waals surface area contributed by atoms with Gasteiger partial charge in [-0.1, -0.05) is 54.6 Å². The molecule has 1 aliphatic heterocycles. The van der Waals surface area contributed by atoms with Crippen molar-refractivity contribution >= 4 is 21.6 Å². The number of aryl methyl sites for hydroxylation is 1. The molecule has 1 atom stereocenters. The molecular weight excluding hydrogens is 474 g/mol. The van der Waals surface area contributed by atoms with Crippen LogP contribution in [-0.2, 0) is 21.2 Å².